The molecule has 1 aromatic carbocycles. The van der Waals surface area contributed by atoms with Crippen LogP contribution in [0.15, 0.2) is 29.0 Å². The second kappa shape index (κ2) is 7.74. The smallest absolute Gasteiger partial charge is 0.408 e. The number of amides is 1. The second-order valence-corrected chi connectivity index (χ2v) is 7.39. The molecule has 25 heavy (non-hydrogen) atoms. The third-order valence-electron chi connectivity index (χ3n) is 4.43. The van der Waals surface area contributed by atoms with Gasteiger partial charge in [-0.3, -0.25) is 4.90 Å². The zero-order valence-corrected chi connectivity index (χ0v) is 15.1. The summed E-state index contributed by atoms with van der Waals surface area (Å²) in [5.41, 5.74) is 13.4. The molecule has 0 bridgehead atoms. The molecule has 7 nitrogen and oxygen atoms in total. The maximum Gasteiger partial charge on any atom is 0.408 e. The van der Waals surface area contributed by atoms with Crippen LogP contribution in [0, 0.1) is 0 Å². The monoisotopic (exact) mass is 348 g/mol. The number of carbonyl (C=O) groups is 1. The van der Waals surface area contributed by atoms with E-state index in [4.69, 9.17) is 15.9 Å². The summed E-state index contributed by atoms with van der Waals surface area (Å²) in [6.45, 7) is 5.76. The Bertz CT molecular complexity index is 708. The van der Waals surface area contributed by atoms with Crippen LogP contribution in [0.1, 0.15) is 46.5 Å². The van der Waals surface area contributed by atoms with Gasteiger partial charge in [0.1, 0.15) is 5.52 Å². The molecule has 0 saturated heterocycles. The Balaban J connectivity index is 0.000000194. The lowest BCUT2D eigenvalue weighted by molar-refractivity contribution is 0.0491. The van der Waals surface area contributed by atoms with Crippen LogP contribution in [0.4, 0.5) is 10.5 Å². The normalized spacial score (nSPS) is 20.6. The van der Waals surface area contributed by atoms with Gasteiger partial charge in [0.25, 0.3) is 0 Å². The Kier molecular flexibility index (Phi) is 5.89. The minimum absolute atomic E-state index is 0.00549. The Morgan fingerprint density at radius 2 is 2.00 bits per heavy atom. The quantitative estimate of drug-likeness (QED) is 0.679. The van der Waals surface area contributed by atoms with Crippen molar-refractivity contribution in [3.05, 3.63) is 24.6 Å². The number of para-hydroxylation sites is 1. The van der Waals surface area contributed by atoms with Crippen LogP contribution in [-0.4, -0.2) is 38.7 Å². The zero-order chi connectivity index (χ0) is 18.6. The lowest BCUT2D eigenvalue weighted by Crippen LogP contribution is -2.58. The molecule has 0 radical (unpaired) electrons. The number of carboxylic acid groups (broad SMARTS) is 1. The van der Waals surface area contributed by atoms with Crippen molar-refractivity contribution in [2.45, 2.75) is 64.1 Å². The number of nitrogens with two attached hydrogens (primary N) is 2. The van der Waals surface area contributed by atoms with Crippen molar-refractivity contribution in [2.24, 2.45) is 5.73 Å². The van der Waals surface area contributed by atoms with E-state index >= 15 is 0 Å². The Hall–Kier alpha value is -2.28. The molecular weight excluding hydrogens is 320 g/mol. The molecule has 2 aromatic rings. The summed E-state index contributed by atoms with van der Waals surface area (Å²) in [6, 6.07) is 5.44. The van der Waals surface area contributed by atoms with Gasteiger partial charge in [-0.15, -0.1) is 0 Å². The molecule has 0 aliphatic heterocycles. The minimum Gasteiger partial charge on any atom is -0.465 e. The molecule has 3 rings (SSSR count). The molecule has 1 fully saturated rings. The van der Waals surface area contributed by atoms with E-state index in [2.05, 4.69) is 4.98 Å². The number of oxazole rings is 1. The summed E-state index contributed by atoms with van der Waals surface area (Å²) in [5, 5.41) is 9.25. The van der Waals surface area contributed by atoms with Gasteiger partial charge in [-0.1, -0.05) is 18.9 Å². The first-order valence-electron chi connectivity index (χ1n) is 8.57. The predicted molar refractivity (Wildman–Crippen MR) is 98.3 cm³/mol. The number of hydrogen-bond donors (Lipinski definition) is 3. The number of aromatic nitrogens is 1. The van der Waals surface area contributed by atoms with Gasteiger partial charge in [-0.25, -0.2) is 9.78 Å². The van der Waals surface area contributed by atoms with Gasteiger partial charge in [-0.05, 0) is 45.7 Å². The Morgan fingerprint density at radius 3 is 2.56 bits per heavy atom. The van der Waals surface area contributed by atoms with Crippen LogP contribution in [0.3, 0.4) is 0 Å². The molecule has 1 saturated carbocycles. The van der Waals surface area contributed by atoms with Crippen LogP contribution in [0.2, 0.25) is 0 Å². The van der Waals surface area contributed by atoms with Crippen LogP contribution >= 0.6 is 0 Å². The van der Waals surface area contributed by atoms with Crippen molar-refractivity contribution in [1.29, 1.82) is 0 Å². The van der Waals surface area contributed by atoms with Crippen molar-refractivity contribution < 1.29 is 14.3 Å². The highest BCUT2D eigenvalue weighted by Gasteiger charge is 2.37. The van der Waals surface area contributed by atoms with Gasteiger partial charge >= 0.3 is 6.09 Å². The van der Waals surface area contributed by atoms with Crippen LogP contribution in [0.5, 0.6) is 0 Å². The molecular formula is C18H28N4O3. The standard InChI is InChI=1S/C11H22N2O2.C7H6N2O/c1-11(2,3)13(10(14)15)9-7-5-4-6-8(9)12;8-5-2-1-3-6-7(5)9-4-10-6/h8-9H,4-7,12H2,1-3H3,(H,14,15);1-4H,8H2/t8-,9+;/m1./s1. The van der Waals surface area contributed by atoms with Crippen LogP contribution in [0.25, 0.3) is 11.1 Å². The summed E-state index contributed by atoms with van der Waals surface area (Å²) in [4.78, 5) is 16.7. The van der Waals surface area contributed by atoms with E-state index in [9.17, 15) is 9.90 Å². The highest BCUT2D eigenvalue weighted by molar-refractivity contribution is 5.84. The van der Waals surface area contributed by atoms with Crippen molar-refractivity contribution in [3.63, 3.8) is 0 Å². The first-order valence-corrected chi connectivity index (χ1v) is 8.57. The van der Waals surface area contributed by atoms with Gasteiger partial charge < -0.3 is 21.0 Å². The summed E-state index contributed by atoms with van der Waals surface area (Å²) in [7, 11) is 0. The highest BCUT2D eigenvalue weighted by Crippen LogP contribution is 2.27. The second-order valence-electron chi connectivity index (χ2n) is 7.39. The van der Waals surface area contributed by atoms with Crippen molar-refractivity contribution in [3.8, 4) is 0 Å². The highest BCUT2D eigenvalue weighted by atomic mass is 16.4. The fourth-order valence-corrected chi connectivity index (χ4v) is 3.30. The maximum atomic E-state index is 11.3. The van der Waals surface area contributed by atoms with Gasteiger partial charge in [0.05, 0.1) is 11.7 Å². The van der Waals surface area contributed by atoms with Gasteiger partial charge in [-0.2, -0.15) is 0 Å². The minimum atomic E-state index is -0.857. The van der Waals surface area contributed by atoms with E-state index in [1.54, 1.807) is 6.07 Å². The lowest BCUT2D eigenvalue weighted by Gasteiger charge is -2.44. The summed E-state index contributed by atoms with van der Waals surface area (Å²) < 4.78 is 5.01. The Morgan fingerprint density at radius 1 is 1.32 bits per heavy atom. The molecule has 1 amide bonds. The third-order valence-corrected chi connectivity index (χ3v) is 4.43. The van der Waals surface area contributed by atoms with Crippen molar-refractivity contribution in [1.82, 2.24) is 9.88 Å². The van der Waals surface area contributed by atoms with Crippen LogP contribution in [-0.2, 0) is 0 Å². The summed E-state index contributed by atoms with van der Waals surface area (Å²) in [5.74, 6) is 0. The van der Waals surface area contributed by atoms with E-state index < -0.39 is 6.09 Å². The fourth-order valence-electron chi connectivity index (χ4n) is 3.30. The average molecular weight is 348 g/mol. The Labute approximate surface area is 148 Å². The largest absolute Gasteiger partial charge is 0.465 e. The predicted octanol–water partition coefficient (Wildman–Crippen LogP) is 3.44. The molecule has 5 N–H and O–H groups in total. The number of anilines is 1. The van der Waals surface area contributed by atoms with E-state index in [1.165, 1.54) is 11.3 Å². The number of nitrogen functional groups attached to an aromatic ring is 1. The van der Waals surface area contributed by atoms with Gasteiger partial charge in [0, 0.05) is 11.6 Å². The number of nitrogens with zero attached hydrogens (tertiary/aromatic N) is 2. The number of fused-ring (bicyclic) bond motifs is 1. The molecule has 138 valence electrons. The number of hydrogen-bond acceptors (Lipinski definition) is 5. The molecule has 7 heteroatoms. The summed E-state index contributed by atoms with van der Waals surface area (Å²) >= 11 is 0. The summed E-state index contributed by atoms with van der Waals surface area (Å²) in [6.07, 6.45) is 4.56. The molecule has 1 heterocycles. The van der Waals surface area contributed by atoms with E-state index in [1.807, 2.05) is 32.9 Å². The first kappa shape index (κ1) is 19.1. The lowest BCUT2D eigenvalue weighted by atomic mass is 9.87. The molecule has 1 aliphatic rings. The molecule has 2 atom stereocenters. The maximum absolute atomic E-state index is 11.3. The fraction of sp³-hybridized carbons (Fsp3) is 0.556. The van der Waals surface area contributed by atoms with Crippen molar-refractivity contribution in [2.75, 3.05) is 5.73 Å². The van der Waals surface area contributed by atoms with Gasteiger partial charge in [0.2, 0.25) is 0 Å². The van der Waals surface area contributed by atoms with Crippen molar-refractivity contribution >= 4 is 22.9 Å². The molecule has 1 aliphatic carbocycles. The van der Waals surface area contributed by atoms with E-state index in [0.717, 1.165) is 36.8 Å². The number of benzene rings is 1. The topological polar surface area (TPSA) is 119 Å². The zero-order valence-electron chi connectivity index (χ0n) is 15.1. The van der Waals surface area contributed by atoms with Gasteiger partial charge in [0.15, 0.2) is 12.0 Å². The van der Waals surface area contributed by atoms with E-state index in [-0.39, 0.29) is 17.6 Å². The molecule has 1 aromatic heterocycles. The molecule has 0 unspecified atom stereocenters. The van der Waals surface area contributed by atoms with Crippen LogP contribution < -0.4 is 11.5 Å². The SMILES string of the molecule is CC(C)(C)N(C(=O)O)[C@H]1CCCC[C@H]1N.Nc1cccc2ocnc12. The number of rotatable bonds is 1. The molecule has 0 spiro atoms. The first-order chi connectivity index (χ1) is 11.7. The average Bonchev–Trinajstić information content (AvgIpc) is 2.98. The third kappa shape index (κ3) is 4.63. The van der Waals surface area contributed by atoms with E-state index in [0.29, 0.717) is 5.69 Å².